The average Bonchev–Trinajstić information content (AvgIpc) is 3.10. The number of nitrogens with zero attached hydrogens (tertiary/aromatic N) is 1. The second-order valence-corrected chi connectivity index (χ2v) is 6.06. The van der Waals surface area contributed by atoms with Crippen molar-refractivity contribution in [3.05, 3.63) is 23.8 Å². The summed E-state index contributed by atoms with van der Waals surface area (Å²) in [6, 6.07) is 5.58. The van der Waals surface area contributed by atoms with Crippen LogP contribution in [0.15, 0.2) is 18.2 Å². The summed E-state index contributed by atoms with van der Waals surface area (Å²) in [6.45, 7) is 7.33. The summed E-state index contributed by atoms with van der Waals surface area (Å²) in [4.78, 5) is 14.4. The predicted octanol–water partition coefficient (Wildman–Crippen LogP) is 4.28. The molecule has 2 rings (SSSR count). The Balaban J connectivity index is 2.10. The summed E-state index contributed by atoms with van der Waals surface area (Å²) in [5, 5.41) is 0. The van der Waals surface area contributed by atoms with E-state index in [2.05, 4.69) is 13.8 Å². The zero-order valence-electron chi connectivity index (χ0n) is 14.5. The van der Waals surface area contributed by atoms with Gasteiger partial charge in [-0.2, -0.15) is 0 Å². The zero-order valence-corrected chi connectivity index (χ0v) is 14.5. The predicted molar refractivity (Wildman–Crippen MR) is 92.4 cm³/mol. The quantitative estimate of drug-likeness (QED) is 0.638. The molecule has 0 saturated carbocycles. The molecular formula is C19H29NO3. The van der Waals surface area contributed by atoms with E-state index >= 15 is 0 Å². The van der Waals surface area contributed by atoms with Crippen molar-refractivity contribution < 1.29 is 14.3 Å². The van der Waals surface area contributed by atoms with E-state index in [1.54, 1.807) is 0 Å². The van der Waals surface area contributed by atoms with Gasteiger partial charge in [-0.05, 0) is 43.9 Å². The minimum atomic E-state index is 0.1000. The van der Waals surface area contributed by atoms with Crippen molar-refractivity contribution in [1.29, 1.82) is 0 Å². The maximum absolute atomic E-state index is 12.5. The summed E-state index contributed by atoms with van der Waals surface area (Å²) in [5.74, 6) is 1.54. The molecule has 0 spiro atoms. The fourth-order valence-electron chi connectivity index (χ4n) is 2.63. The fraction of sp³-hybridized carbons (Fsp3) is 0.632. The molecule has 1 saturated heterocycles. The van der Waals surface area contributed by atoms with Gasteiger partial charge in [-0.3, -0.25) is 4.79 Å². The summed E-state index contributed by atoms with van der Waals surface area (Å²) in [7, 11) is 0. The highest BCUT2D eigenvalue weighted by Gasteiger charge is 2.20. The minimum Gasteiger partial charge on any atom is -0.490 e. The van der Waals surface area contributed by atoms with Gasteiger partial charge in [-0.15, -0.1) is 0 Å². The monoisotopic (exact) mass is 319 g/mol. The molecule has 0 bridgehead atoms. The van der Waals surface area contributed by atoms with Crippen molar-refractivity contribution in [2.24, 2.45) is 0 Å². The lowest BCUT2D eigenvalue weighted by atomic mass is 10.1. The Kier molecular flexibility index (Phi) is 7.24. The van der Waals surface area contributed by atoms with Crippen LogP contribution in [0.25, 0.3) is 0 Å². The number of amides is 1. The lowest BCUT2D eigenvalue weighted by Crippen LogP contribution is -2.27. The molecule has 1 heterocycles. The number of hydrogen-bond donors (Lipinski definition) is 0. The van der Waals surface area contributed by atoms with Gasteiger partial charge in [0.15, 0.2) is 11.5 Å². The summed E-state index contributed by atoms with van der Waals surface area (Å²) in [6.07, 6.45) is 6.39. The molecule has 1 aromatic carbocycles. The Bertz CT molecular complexity index is 495. The lowest BCUT2D eigenvalue weighted by molar-refractivity contribution is 0.0792. The molecule has 0 N–H and O–H groups in total. The van der Waals surface area contributed by atoms with Gasteiger partial charge in [0.2, 0.25) is 0 Å². The van der Waals surface area contributed by atoms with Gasteiger partial charge in [-0.25, -0.2) is 0 Å². The van der Waals surface area contributed by atoms with Crippen LogP contribution in [-0.4, -0.2) is 37.1 Å². The minimum absolute atomic E-state index is 0.1000. The van der Waals surface area contributed by atoms with Crippen molar-refractivity contribution in [1.82, 2.24) is 4.90 Å². The van der Waals surface area contributed by atoms with Crippen LogP contribution in [0.5, 0.6) is 11.5 Å². The third kappa shape index (κ3) is 5.15. The molecule has 1 aliphatic heterocycles. The van der Waals surface area contributed by atoms with Gasteiger partial charge in [-0.1, -0.05) is 26.7 Å². The van der Waals surface area contributed by atoms with Gasteiger partial charge in [0.25, 0.3) is 5.91 Å². The number of benzene rings is 1. The van der Waals surface area contributed by atoms with Gasteiger partial charge >= 0.3 is 0 Å². The number of carbonyl (C=O) groups excluding carboxylic acids is 1. The Morgan fingerprint density at radius 2 is 1.61 bits per heavy atom. The number of likely N-dealkylation sites (tertiary alicyclic amines) is 1. The largest absolute Gasteiger partial charge is 0.490 e. The number of hydrogen-bond acceptors (Lipinski definition) is 3. The van der Waals surface area contributed by atoms with E-state index in [-0.39, 0.29) is 5.91 Å². The second-order valence-electron chi connectivity index (χ2n) is 6.06. The van der Waals surface area contributed by atoms with Crippen LogP contribution in [0.1, 0.15) is 62.7 Å². The molecule has 4 heteroatoms. The molecule has 1 amide bonds. The molecule has 1 fully saturated rings. The zero-order chi connectivity index (χ0) is 16.5. The van der Waals surface area contributed by atoms with Crippen LogP contribution in [0, 0.1) is 0 Å². The summed E-state index contributed by atoms with van der Waals surface area (Å²) < 4.78 is 11.7. The van der Waals surface area contributed by atoms with E-state index in [0.717, 1.165) is 57.4 Å². The molecule has 0 aliphatic carbocycles. The molecule has 1 aromatic rings. The Morgan fingerprint density at radius 3 is 2.22 bits per heavy atom. The van der Waals surface area contributed by atoms with E-state index < -0.39 is 0 Å². The van der Waals surface area contributed by atoms with Crippen LogP contribution in [0.4, 0.5) is 0 Å². The molecule has 0 aromatic heterocycles. The van der Waals surface area contributed by atoms with Crippen molar-refractivity contribution in [2.45, 2.75) is 52.4 Å². The molecule has 0 atom stereocenters. The van der Waals surface area contributed by atoms with Crippen molar-refractivity contribution in [3.63, 3.8) is 0 Å². The van der Waals surface area contributed by atoms with E-state index in [1.165, 1.54) is 0 Å². The second kappa shape index (κ2) is 9.43. The van der Waals surface area contributed by atoms with E-state index in [1.807, 2.05) is 23.1 Å². The molecule has 23 heavy (non-hydrogen) atoms. The van der Waals surface area contributed by atoms with Crippen LogP contribution >= 0.6 is 0 Å². The van der Waals surface area contributed by atoms with Crippen LogP contribution in [0.2, 0.25) is 0 Å². The van der Waals surface area contributed by atoms with Gasteiger partial charge in [0.05, 0.1) is 13.2 Å². The van der Waals surface area contributed by atoms with Crippen molar-refractivity contribution in [3.8, 4) is 11.5 Å². The normalized spacial score (nSPS) is 14.1. The van der Waals surface area contributed by atoms with Crippen molar-refractivity contribution >= 4 is 5.91 Å². The molecule has 0 radical (unpaired) electrons. The first-order valence-corrected chi connectivity index (χ1v) is 8.95. The first-order chi connectivity index (χ1) is 11.3. The molecule has 128 valence electrons. The van der Waals surface area contributed by atoms with Gasteiger partial charge < -0.3 is 14.4 Å². The molecular weight excluding hydrogens is 290 g/mol. The smallest absolute Gasteiger partial charge is 0.253 e. The molecule has 1 aliphatic rings. The van der Waals surface area contributed by atoms with E-state index in [0.29, 0.717) is 24.5 Å². The summed E-state index contributed by atoms with van der Waals surface area (Å²) >= 11 is 0. The number of rotatable bonds is 9. The van der Waals surface area contributed by atoms with E-state index in [4.69, 9.17) is 9.47 Å². The molecule has 0 unspecified atom stereocenters. The highest BCUT2D eigenvalue weighted by molar-refractivity contribution is 5.95. The van der Waals surface area contributed by atoms with E-state index in [9.17, 15) is 4.79 Å². The van der Waals surface area contributed by atoms with Crippen LogP contribution in [-0.2, 0) is 0 Å². The van der Waals surface area contributed by atoms with Crippen LogP contribution in [0.3, 0.4) is 0 Å². The first kappa shape index (κ1) is 17.6. The van der Waals surface area contributed by atoms with Crippen molar-refractivity contribution in [2.75, 3.05) is 26.3 Å². The Hall–Kier alpha value is -1.71. The maximum Gasteiger partial charge on any atom is 0.253 e. The standard InChI is InChI=1S/C19H29NO3/c1-3-5-13-22-17-10-9-16(15-18(17)23-14-6-4-2)19(21)20-11-7-8-12-20/h9-10,15H,3-8,11-14H2,1-2H3. The van der Waals surface area contributed by atoms with Gasteiger partial charge in [0.1, 0.15) is 0 Å². The average molecular weight is 319 g/mol. The van der Waals surface area contributed by atoms with Gasteiger partial charge in [0, 0.05) is 18.7 Å². The first-order valence-electron chi connectivity index (χ1n) is 8.95. The Labute approximate surface area is 139 Å². The maximum atomic E-state index is 12.5. The topological polar surface area (TPSA) is 38.8 Å². The highest BCUT2D eigenvalue weighted by Crippen LogP contribution is 2.30. The molecule has 4 nitrogen and oxygen atoms in total. The SMILES string of the molecule is CCCCOc1ccc(C(=O)N2CCCC2)cc1OCCCC. The Morgan fingerprint density at radius 1 is 1.00 bits per heavy atom. The highest BCUT2D eigenvalue weighted by atomic mass is 16.5. The fourth-order valence-corrected chi connectivity index (χ4v) is 2.63. The third-order valence-electron chi connectivity index (χ3n) is 4.09. The third-order valence-corrected chi connectivity index (χ3v) is 4.09. The number of carbonyl (C=O) groups is 1. The number of unbranched alkanes of at least 4 members (excludes halogenated alkanes) is 2. The summed E-state index contributed by atoms with van der Waals surface area (Å²) in [5.41, 5.74) is 0.696. The lowest BCUT2D eigenvalue weighted by Gasteiger charge is -2.17. The number of ether oxygens (including phenoxy) is 2. The van der Waals surface area contributed by atoms with Crippen LogP contribution < -0.4 is 9.47 Å².